The van der Waals surface area contributed by atoms with Gasteiger partial charge in [-0.25, -0.2) is 0 Å². The van der Waals surface area contributed by atoms with Crippen LogP contribution in [0.1, 0.15) is 11.1 Å². The Morgan fingerprint density at radius 1 is 0.696 bits per heavy atom. The lowest BCUT2D eigenvalue weighted by atomic mass is 10.1. The molecule has 1 nitrogen and oxygen atoms in total. The summed E-state index contributed by atoms with van der Waals surface area (Å²) >= 11 is 0. The van der Waals surface area contributed by atoms with Gasteiger partial charge in [0.15, 0.2) is 0 Å². The molecule has 0 atom stereocenters. The first kappa shape index (κ1) is 13.6. The second kappa shape index (κ2) is 5.29. The molecule has 1 aromatic heterocycles. The Kier molecular flexibility index (Phi) is 3.13. The maximum atomic E-state index is 3.99. The van der Waals surface area contributed by atoms with E-state index in [0.29, 0.717) is 0 Å². The number of rotatable bonds is 3. The minimum absolute atomic E-state index is 1.12. The molecule has 0 bridgehead atoms. The van der Waals surface area contributed by atoms with Crippen molar-refractivity contribution in [2.45, 2.75) is 0 Å². The molecule has 23 heavy (non-hydrogen) atoms. The molecule has 4 aromatic rings. The first-order valence-corrected chi connectivity index (χ1v) is 7.71. The third kappa shape index (κ3) is 2.01. The van der Waals surface area contributed by atoms with Crippen molar-refractivity contribution in [2.75, 3.05) is 0 Å². The van der Waals surface area contributed by atoms with Crippen LogP contribution in [-0.2, 0) is 0 Å². The average Bonchev–Trinajstić information content (AvgIpc) is 2.96. The summed E-state index contributed by atoms with van der Waals surface area (Å²) in [4.78, 5) is 0. The minimum Gasteiger partial charge on any atom is -0.309 e. The van der Waals surface area contributed by atoms with Gasteiger partial charge in [-0.15, -0.1) is 0 Å². The van der Waals surface area contributed by atoms with E-state index in [1.54, 1.807) is 0 Å². The fourth-order valence-electron chi connectivity index (χ4n) is 3.24. The molecule has 0 aliphatic carbocycles. The van der Waals surface area contributed by atoms with Crippen molar-refractivity contribution in [1.82, 2.24) is 4.57 Å². The highest BCUT2D eigenvalue weighted by molar-refractivity contribution is 6.11. The molecule has 0 radical (unpaired) electrons. The molecule has 0 N–H and O–H groups in total. The summed E-state index contributed by atoms with van der Waals surface area (Å²) in [5, 5.41) is 2.52. The van der Waals surface area contributed by atoms with Gasteiger partial charge in [0, 0.05) is 16.5 Å². The van der Waals surface area contributed by atoms with Crippen LogP contribution in [0.15, 0.2) is 79.9 Å². The first-order valence-electron chi connectivity index (χ1n) is 7.71. The van der Waals surface area contributed by atoms with Crippen molar-refractivity contribution < 1.29 is 0 Å². The summed E-state index contributed by atoms with van der Waals surface area (Å²) in [6, 6.07) is 23.4. The fourth-order valence-corrected chi connectivity index (χ4v) is 3.24. The molecule has 1 heteroatoms. The largest absolute Gasteiger partial charge is 0.309 e. The highest BCUT2D eigenvalue weighted by Gasteiger charge is 2.13. The number of hydrogen-bond acceptors (Lipinski definition) is 0. The SMILES string of the molecule is C=Cc1ccc(-n2c3ccccc3c3cccc(C=C)c32)cc1. The van der Waals surface area contributed by atoms with E-state index in [0.717, 1.165) is 16.8 Å². The summed E-state index contributed by atoms with van der Waals surface area (Å²) in [6.07, 6.45) is 3.79. The van der Waals surface area contributed by atoms with Crippen molar-refractivity contribution >= 4 is 34.0 Å². The quantitative estimate of drug-likeness (QED) is 0.432. The lowest BCUT2D eigenvalue weighted by molar-refractivity contribution is 1.18. The molecule has 0 spiro atoms. The number of aromatic nitrogens is 1. The zero-order valence-corrected chi connectivity index (χ0v) is 12.9. The predicted molar refractivity (Wildman–Crippen MR) is 101 cm³/mol. The van der Waals surface area contributed by atoms with Gasteiger partial charge in [0.05, 0.1) is 11.0 Å². The third-order valence-corrected chi connectivity index (χ3v) is 4.33. The predicted octanol–water partition coefficient (Wildman–Crippen LogP) is 6.07. The van der Waals surface area contributed by atoms with Crippen LogP contribution in [0.4, 0.5) is 0 Å². The number of hydrogen-bond donors (Lipinski definition) is 0. The first-order chi connectivity index (χ1) is 11.3. The molecule has 0 amide bonds. The molecule has 0 unspecified atom stereocenters. The van der Waals surface area contributed by atoms with Crippen molar-refractivity contribution in [1.29, 1.82) is 0 Å². The fraction of sp³-hybridized carbons (Fsp3) is 0. The Morgan fingerprint density at radius 3 is 2.17 bits per heavy atom. The summed E-state index contributed by atoms with van der Waals surface area (Å²) in [5.74, 6) is 0. The van der Waals surface area contributed by atoms with E-state index >= 15 is 0 Å². The maximum Gasteiger partial charge on any atom is 0.0613 e. The smallest absolute Gasteiger partial charge is 0.0613 e. The van der Waals surface area contributed by atoms with Crippen molar-refractivity contribution in [3.63, 3.8) is 0 Å². The Morgan fingerprint density at radius 2 is 1.43 bits per heavy atom. The molecule has 0 aliphatic rings. The standard InChI is InChI=1S/C22H17N/c1-3-16-12-14-18(15-13-16)23-21-11-6-5-9-19(21)20-10-7-8-17(4-2)22(20)23/h3-15H,1-2H2. The van der Waals surface area contributed by atoms with Gasteiger partial charge in [-0.2, -0.15) is 0 Å². The topological polar surface area (TPSA) is 4.93 Å². The molecule has 3 aromatic carbocycles. The van der Waals surface area contributed by atoms with Gasteiger partial charge in [-0.1, -0.05) is 73.8 Å². The van der Waals surface area contributed by atoms with Crippen LogP contribution in [0.3, 0.4) is 0 Å². The molecule has 0 saturated heterocycles. The Labute approximate surface area is 135 Å². The van der Waals surface area contributed by atoms with E-state index in [9.17, 15) is 0 Å². The monoisotopic (exact) mass is 295 g/mol. The van der Waals surface area contributed by atoms with Gasteiger partial charge in [0.25, 0.3) is 0 Å². The number of nitrogens with zero attached hydrogens (tertiary/aromatic N) is 1. The van der Waals surface area contributed by atoms with E-state index in [1.165, 1.54) is 21.8 Å². The van der Waals surface area contributed by atoms with Crippen LogP contribution >= 0.6 is 0 Å². The molecule has 0 aliphatic heterocycles. The van der Waals surface area contributed by atoms with Crippen LogP contribution in [0.25, 0.3) is 39.6 Å². The van der Waals surface area contributed by atoms with Crippen LogP contribution in [0.5, 0.6) is 0 Å². The number of benzene rings is 3. The van der Waals surface area contributed by atoms with Crippen molar-refractivity contribution in [3.8, 4) is 5.69 Å². The summed E-state index contributed by atoms with van der Waals surface area (Å²) in [7, 11) is 0. The average molecular weight is 295 g/mol. The molecular formula is C22H17N. The van der Waals surface area contributed by atoms with Gasteiger partial charge in [-0.05, 0) is 29.3 Å². The molecule has 4 rings (SSSR count). The Hall–Kier alpha value is -3.06. The van der Waals surface area contributed by atoms with Crippen LogP contribution in [-0.4, -0.2) is 4.57 Å². The van der Waals surface area contributed by atoms with Gasteiger partial charge in [-0.3, -0.25) is 0 Å². The lowest BCUT2D eigenvalue weighted by Gasteiger charge is -2.10. The van der Waals surface area contributed by atoms with Crippen molar-refractivity contribution in [2.24, 2.45) is 0 Å². The maximum absolute atomic E-state index is 3.99. The summed E-state index contributed by atoms with van der Waals surface area (Å²) < 4.78 is 2.31. The van der Waals surface area contributed by atoms with E-state index in [4.69, 9.17) is 0 Å². The van der Waals surface area contributed by atoms with Crippen LogP contribution < -0.4 is 0 Å². The van der Waals surface area contributed by atoms with E-state index in [1.807, 2.05) is 12.2 Å². The van der Waals surface area contributed by atoms with Crippen LogP contribution in [0.2, 0.25) is 0 Å². The summed E-state index contributed by atoms with van der Waals surface area (Å²) in [5.41, 5.74) is 5.83. The molecule has 1 heterocycles. The number of fused-ring (bicyclic) bond motifs is 3. The highest BCUT2D eigenvalue weighted by Crippen LogP contribution is 2.34. The van der Waals surface area contributed by atoms with E-state index in [2.05, 4.69) is 84.5 Å². The van der Waals surface area contributed by atoms with Crippen LogP contribution in [0, 0.1) is 0 Å². The van der Waals surface area contributed by atoms with Crippen molar-refractivity contribution in [3.05, 3.63) is 91.0 Å². The molecular weight excluding hydrogens is 278 g/mol. The lowest BCUT2D eigenvalue weighted by Crippen LogP contribution is -1.95. The zero-order chi connectivity index (χ0) is 15.8. The second-order valence-electron chi connectivity index (χ2n) is 5.60. The molecule has 0 fully saturated rings. The molecule has 0 saturated carbocycles. The summed E-state index contributed by atoms with van der Waals surface area (Å²) in [6.45, 7) is 7.82. The van der Waals surface area contributed by atoms with Gasteiger partial charge < -0.3 is 4.57 Å². The van der Waals surface area contributed by atoms with Gasteiger partial charge in [0.2, 0.25) is 0 Å². The molecule has 110 valence electrons. The van der Waals surface area contributed by atoms with E-state index in [-0.39, 0.29) is 0 Å². The van der Waals surface area contributed by atoms with E-state index < -0.39 is 0 Å². The number of para-hydroxylation sites is 2. The Bertz CT molecular complexity index is 1030. The Balaban J connectivity index is 2.17. The third-order valence-electron chi connectivity index (χ3n) is 4.33. The van der Waals surface area contributed by atoms with Gasteiger partial charge >= 0.3 is 0 Å². The second-order valence-corrected chi connectivity index (χ2v) is 5.60. The van der Waals surface area contributed by atoms with Gasteiger partial charge in [0.1, 0.15) is 0 Å². The normalized spacial score (nSPS) is 11.0. The minimum atomic E-state index is 1.12. The highest BCUT2D eigenvalue weighted by atomic mass is 15.0. The zero-order valence-electron chi connectivity index (χ0n) is 12.9.